The summed E-state index contributed by atoms with van der Waals surface area (Å²) in [6.45, 7) is 9.83. The lowest BCUT2D eigenvalue weighted by atomic mass is 10.0. The topological polar surface area (TPSA) is 44.5 Å². The highest BCUT2D eigenvalue weighted by Gasteiger charge is 2.10. The monoisotopic (exact) mass is 279 g/mol. The second-order valence-corrected chi connectivity index (χ2v) is 5.32. The van der Waals surface area contributed by atoms with Crippen molar-refractivity contribution in [1.82, 2.24) is 0 Å². The molecule has 2 N–H and O–H groups in total. The van der Waals surface area contributed by atoms with E-state index in [2.05, 4.69) is 13.8 Å². The van der Waals surface area contributed by atoms with Gasteiger partial charge in [-0.05, 0) is 37.8 Å². The highest BCUT2D eigenvalue weighted by atomic mass is 16.5. The van der Waals surface area contributed by atoms with Crippen molar-refractivity contribution < 1.29 is 9.47 Å². The summed E-state index contributed by atoms with van der Waals surface area (Å²) in [7, 11) is 0. The Bertz CT molecular complexity index is 404. The molecule has 3 heteroatoms. The molecule has 0 aliphatic rings. The zero-order valence-electron chi connectivity index (χ0n) is 13.4. The summed E-state index contributed by atoms with van der Waals surface area (Å²) in [6, 6.07) is 3.84. The molecule has 1 aromatic carbocycles. The predicted octanol–water partition coefficient (Wildman–Crippen LogP) is 4.57. The maximum Gasteiger partial charge on any atom is 0.142 e. The van der Waals surface area contributed by atoms with Crippen LogP contribution in [-0.4, -0.2) is 13.2 Å². The van der Waals surface area contributed by atoms with E-state index in [1.165, 1.54) is 19.3 Å². The van der Waals surface area contributed by atoms with Gasteiger partial charge in [0.1, 0.15) is 11.5 Å². The molecule has 0 saturated carbocycles. The van der Waals surface area contributed by atoms with Gasteiger partial charge >= 0.3 is 0 Å². The fraction of sp³-hybridized carbons (Fsp3) is 0.647. The number of aryl methyl sites for hydroxylation is 1. The lowest BCUT2D eigenvalue weighted by molar-refractivity contribution is 0.232. The maximum absolute atomic E-state index is 5.99. The summed E-state index contributed by atoms with van der Waals surface area (Å²) in [5.74, 6) is 2.25. The molecule has 3 nitrogen and oxygen atoms in total. The van der Waals surface area contributed by atoms with Gasteiger partial charge in [-0.3, -0.25) is 0 Å². The Balaban J connectivity index is 2.65. The first kappa shape index (κ1) is 16.7. The van der Waals surface area contributed by atoms with E-state index in [0.717, 1.165) is 30.1 Å². The highest BCUT2D eigenvalue weighted by Crippen LogP contribution is 2.31. The lowest BCUT2D eigenvalue weighted by Gasteiger charge is -2.18. The lowest BCUT2D eigenvalue weighted by Crippen LogP contribution is -2.12. The third kappa shape index (κ3) is 4.95. The van der Waals surface area contributed by atoms with Gasteiger partial charge in [0.25, 0.3) is 0 Å². The first-order valence-corrected chi connectivity index (χ1v) is 7.78. The second kappa shape index (κ2) is 8.72. The van der Waals surface area contributed by atoms with Crippen LogP contribution in [0.3, 0.4) is 0 Å². The summed E-state index contributed by atoms with van der Waals surface area (Å²) in [6.07, 6.45) is 4.90. The standard InChI is InChI=1S/C17H29NO2/c1-5-8-9-14(6-2)12-20-16-11-15(18)17(19-7-3)10-13(16)4/h10-11,14H,5-9,12,18H2,1-4H3. The van der Waals surface area contributed by atoms with Crippen molar-refractivity contribution in [2.45, 2.75) is 53.4 Å². The Hall–Kier alpha value is -1.38. The van der Waals surface area contributed by atoms with Gasteiger partial charge in [-0.25, -0.2) is 0 Å². The number of nitrogens with two attached hydrogens (primary N) is 1. The van der Waals surface area contributed by atoms with Gasteiger partial charge in [-0.15, -0.1) is 0 Å². The summed E-state index contributed by atoms with van der Waals surface area (Å²) >= 11 is 0. The normalized spacial score (nSPS) is 12.2. The first-order valence-electron chi connectivity index (χ1n) is 7.78. The van der Waals surface area contributed by atoms with Crippen molar-refractivity contribution in [3.05, 3.63) is 17.7 Å². The first-order chi connectivity index (χ1) is 9.62. The molecule has 1 rings (SSSR count). The molecule has 0 spiro atoms. The largest absolute Gasteiger partial charge is 0.493 e. The van der Waals surface area contributed by atoms with Crippen molar-refractivity contribution in [3.63, 3.8) is 0 Å². The minimum Gasteiger partial charge on any atom is -0.493 e. The van der Waals surface area contributed by atoms with E-state index in [9.17, 15) is 0 Å². The van der Waals surface area contributed by atoms with Gasteiger partial charge in [0.2, 0.25) is 0 Å². The molecule has 1 aromatic rings. The summed E-state index contributed by atoms with van der Waals surface area (Å²) < 4.78 is 11.5. The molecule has 1 atom stereocenters. The number of benzene rings is 1. The molecular weight excluding hydrogens is 250 g/mol. The van der Waals surface area contributed by atoms with Crippen LogP contribution in [0.4, 0.5) is 5.69 Å². The smallest absolute Gasteiger partial charge is 0.142 e. The second-order valence-electron chi connectivity index (χ2n) is 5.32. The van der Waals surface area contributed by atoms with E-state index >= 15 is 0 Å². The van der Waals surface area contributed by atoms with Crippen LogP contribution in [0.5, 0.6) is 11.5 Å². The molecular formula is C17H29NO2. The highest BCUT2D eigenvalue weighted by molar-refractivity contribution is 5.59. The number of rotatable bonds is 9. The molecule has 20 heavy (non-hydrogen) atoms. The van der Waals surface area contributed by atoms with E-state index in [1.807, 2.05) is 26.0 Å². The minimum atomic E-state index is 0.624. The van der Waals surface area contributed by atoms with Crippen LogP contribution in [0.25, 0.3) is 0 Å². The summed E-state index contributed by atoms with van der Waals surface area (Å²) in [5, 5.41) is 0. The Kier molecular flexibility index (Phi) is 7.27. The molecule has 0 aliphatic carbocycles. The van der Waals surface area contributed by atoms with Crippen LogP contribution in [0.1, 0.15) is 52.0 Å². The van der Waals surface area contributed by atoms with Crippen molar-refractivity contribution in [1.29, 1.82) is 0 Å². The molecule has 0 amide bonds. The van der Waals surface area contributed by atoms with Crippen LogP contribution >= 0.6 is 0 Å². The number of nitrogen functional groups attached to an aromatic ring is 1. The number of unbranched alkanes of at least 4 members (excludes halogenated alkanes) is 1. The molecule has 0 heterocycles. The van der Waals surface area contributed by atoms with Crippen molar-refractivity contribution >= 4 is 5.69 Å². The third-order valence-corrected chi connectivity index (χ3v) is 3.63. The van der Waals surface area contributed by atoms with Crippen LogP contribution in [-0.2, 0) is 0 Å². The quantitative estimate of drug-likeness (QED) is 0.673. The molecule has 0 bridgehead atoms. The Morgan fingerprint density at radius 1 is 1.10 bits per heavy atom. The minimum absolute atomic E-state index is 0.624. The molecule has 0 aliphatic heterocycles. The van der Waals surface area contributed by atoms with Gasteiger partial charge in [0.15, 0.2) is 0 Å². The SMILES string of the molecule is CCCCC(CC)COc1cc(N)c(OCC)cc1C. The number of anilines is 1. The third-order valence-electron chi connectivity index (χ3n) is 3.63. The average molecular weight is 279 g/mol. The summed E-state index contributed by atoms with van der Waals surface area (Å²) in [5.41, 5.74) is 7.71. The number of hydrogen-bond donors (Lipinski definition) is 1. The van der Waals surface area contributed by atoms with Gasteiger partial charge in [0, 0.05) is 6.07 Å². The number of ether oxygens (including phenoxy) is 2. The van der Waals surface area contributed by atoms with E-state index in [4.69, 9.17) is 15.2 Å². The molecule has 1 unspecified atom stereocenters. The predicted molar refractivity (Wildman–Crippen MR) is 85.6 cm³/mol. The zero-order valence-corrected chi connectivity index (χ0v) is 13.4. The van der Waals surface area contributed by atoms with Crippen LogP contribution < -0.4 is 15.2 Å². The van der Waals surface area contributed by atoms with Crippen LogP contribution in [0.15, 0.2) is 12.1 Å². The summed E-state index contributed by atoms with van der Waals surface area (Å²) in [4.78, 5) is 0. The fourth-order valence-electron chi connectivity index (χ4n) is 2.22. The average Bonchev–Trinajstić information content (AvgIpc) is 2.44. The Morgan fingerprint density at radius 3 is 2.45 bits per heavy atom. The van der Waals surface area contributed by atoms with Crippen LogP contribution in [0, 0.1) is 12.8 Å². The maximum atomic E-state index is 5.99. The van der Waals surface area contributed by atoms with E-state index in [0.29, 0.717) is 18.2 Å². The Morgan fingerprint density at radius 2 is 1.85 bits per heavy atom. The van der Waals surface area contributed by atoms with Gasteiger partial charge < -0.3 is 15.2 Å². The van der Waals surface area contributed by atoms with E-state index in [-0.39, 0.29) is 0 Å². The number of hydrogen-bond acceptors (Lipinski definition) is 3. The van der Waals surface area contributed by atoms with E-state index < -0.39 is 0 Å². The van der Waals surface area contributed by atoms with Gasteiger partial charge in [-0.2, -0.15) is 0 Å². The molecule has 0 aromatic heterocycles. The van der Waals surface area contributed by atoms with Crippen molar-refractivity contribution in [2.24, 2.45) is 5.92 Å². The van der Waals surface area contributed by atoms with Gasteiger partial charge in [-0.1, -0.05) is 33.1 Å². The molecule has 0 saturated heterocycles. The zero-order chi connectivity index (χ0) is 15.0. The van der Waals surface area contributed by atoms with Crippen LogP contribution in [0.2, 0.25) is 0 Å². The van der Waals surface area contributed by atoms with Gasteiger partial charge in [0.05, 0.1) is 18.9 Å². The van der Waals surface area contributed by atoms with E-state index in [1.54, 1.807) is 0 Å². The van der Waals surface area contributed by atoms with Crippen molar-refractivity contribution in [2.75, 3.05) is 18.9 Å². The Labute approximate surface area is 123 Å². The fourth-order valence-corrected chi connectivity index (χ4v) is 2.22. The molecule has 0 radical (unpaired) electrons. The molecule has 0 fully saturated rings. The van der Waals surface area contributed by atoms with Crippen molar-refractivity contribution in [3.8, 4) is 11.5 Å². The molecule has 114 valence electrons.